The van der Waals surface area contributed by atoms with E-state index in [1.54, 1.807) is 0 Å². The molecule has 62 heavy (non-hydrogen) atoms. The van der Waals surface area contributed by atoms with Crippen molar-refractivity contribution in [2.24, 2.45) is 0 Å². The van der Waals surface area contributed by atoms with Gasteiger partial charge in [0.05, 0.1) is 15.8 Å². The number of hydrogen-bond acceptors (Lipinski definition) is 3. The fraction of sp³-hybridized carbons (Fsp3) is 0.0169. The van der Waals surface area contributed by atoms with Gasteiger partial charge in [-0.2, -0.15) is 0 Å². The third kappa shape index (κ3) is 5.13. The maximum absolute atomic E-state index is 2.54. The van der Waals surface area contributed by atoms with Gasteiger partial charge in [-0.15, -0.1) is 22.7 Å². The zero-order chi connectivity index (χ0) is 40.8. The Bertz CT molecular complexity index is 3660. The molecule has 1 aliphatic carbocycles. The van der Waals surface area contributed by atoms with E-state index in [0.29, 0.717) is 0 Å². The quantitative estimate of drug-likeness (QED) is 0.161. The Labute approximate surface area is 368 Å². The second kappa shape index (κ2) is 13.9. The first-order valence-electron chi connectivity index (χ1n) is 21.2. The number of rotatable bonds is 6. The number of anilines is 3. The first-order valence-corrected chi connectivity index (χ1v) is 22.9. The first-order chi connectivity index (χ1) is 30.8. The van der Waals surface area contributed by atoms with Crippen LogP contribution in [-0.4, -0.2) is 0 Å². The lowest BCUT2D eigenvalue weighted by Gasteiger charge is -2.35. The molecule has 0 radical (unpaired) electrons. The van der Waals surface area contributed by atoms with E-state index < -0.39 is 5.41 Å². The van der Waals surface area contributed by atoms with E-state index in [-0.39, 0.29) is 0 Å². The molecule has 2 heterocycles. The Morgan fingerprint density at radius 2 is 0.919 bits per heavy atom. The van der Waals surface area contributed by atoms with Crippen LogP contribution in [0.1, 0.15) is 22.3 Å². The Morgan fingerprint density at radius 3 is 1.65 bits per heavy atom. The molecule has 10 aromatic carbocycles. The van der Waals surface area contributed by atoms with E-state index in [2.05, 4.69) is 229 Å². The highest BCUT2D eigenvalue weighted by molar-refractivity contribution is 7.26. The van der Waals surface area contributed by atoms with E-state index in [4.69, 9.17) is 0 Å². The topological polar surface area (TPSA) is 3.24 Å². The van der Waals surface area contributed by atoms with E-state index in [9.17, 15) is 0 Å². The molecule has 0 N–H and O–H groups in total. The van der Waals surface area contributed by atoms with Crippen molar-refractivity contribution in [1.29, 1.82) is 0 Å². The molecule has 13 rings (SSSR count). The van der Waals surface area contributed by atoms with Crippen molar-refractivity contribution in [1.82, 2.24) is 0 Å². The number of benzene rings is 10. The Hall–Kier alpha value is -7.30. The van der Waals surface area contributed by atoms with Crippen molar-refractivity contribution < 1.29 is 0 Å². The summed E-state index contributed by atoms with van der Waals surface area (Å²) in [5.74, 6) is 0. The first kappa shape index (κ1) is 35.5. The third-order valence-corrected chi connectivity index (χ3v) is 15.5. The van der Waals surface area contributed by atoms with Crippen LogP contribution in [0.15, 0.2) is 224 Å². The summed E-state index contributed by atoms with van der Waals surface area (Å²) < 4.78 is 5.22. The molecule has 0 saturated heterocycles. The summed E-state index contributed by atoms with van der Waals surface area (Å²) in [6.07, 6.45) is 0. The number of thiophene rings is 2. The van der Waals surface area contributed by atoms with Gasteiger partial charge in [0, 0.05) is 47.0 Å². The van der Waals surface area contributed by atoms with E-state index in [1.807, 2.05) is 22.7 Å². The summed E-state index contributed by atoms with van der Waals surface area (Å²) in [7, 11) is 0. The molecular formula is C59H37NS2. The SMILES string of the molecule is c1ccc(N(c2ccc3c(c2)C(c2ccccc2)(c2ccccc2)c2cc(-c4ccc5sc6ccccc6c5c4)c4ccccc4c2-3)c2cccc3c2sc2ccccc23)cc1. The monoisotopic (exact) mass is 823 g/mol. The fourth-order valence-corrected chi connectivity index (χ4v) is 12.8. The van der Waals surface area contributed by atoms with Crippen molar-refractivity contribution in [2.75, 3.05) is 4.90 Å². The van der Waals surface area contributed by atoms with Gasteiger partial charge in [-0.05, 0) is 116 Å². The van der Waals surface area contributed by atoms with Crippen LogP contribution in [0.4, 0.5) is 17.1 Å². The molecule has 1 nitrogen and oxygen atoms in total. The van der Waals surface area contributed by atoms with Crippen LogP contribution in [0.25, 0.3) is 73.4 Å². The van der Waals surface area contributed by atoms with Crippen LogP contribution >= 0.6 is 22.7 Å². The summed E-state index contributed by atoms with van der Waals surface area (Å²) in [6.45, 7) is 0. The summed E-state index contributed by atoms with van der Waals surface area (Å²) in [6, 6.07) is 83.7. The molecule has 0 amide bonds. The van der Waals surface area contributed by atoms with Crippen LogP contribution in [-0.2, 0) is 5.41 Å². The highest BCUT2D eigenvalue weighted by Crippen LogP contribution is 2.60. The molecule has 1 aliphatic rings. The molecule has 0 unspecified atom stereocenters. The second-order valence-corrected chi connectivity index (χ2v) is 18.5. The van der Waals surface area contributed by atoms with Gasteiger partial charge < -0.3 is 4.90 Å². The summed E-state index contributed by atoms with van der Waals surface area (Å²) in [4.78, 5) is 2.48. The fourth-order valence-electron chi connectivity index (χ4n) is 10.5. The maximum atomic E-state index is 2.54. The zero-order valence-electron chi connectivity index (χ0n) is 33.6. The van der Waals surface area contributed by atoms with Gasteiger partial charge in [-0.25, -0.2) is 0 Å². The Morgan fingerprint density at radius 1 is 0.339 bits per heavy atom. The van der Waals surface area contributed by atoms with Crippen molar-refractivity contribution >= 4 is 90.9 Å². The van der Waals surface area contributed by atoms with Gasteiger partial charge in [0.2, 0.25) is 0 Å². The highest BCUT2D eigenvalue weighted by atomic mass is 32.1. The van der Waals surface area contributed by atoms with Gasteiger partial charge in [-0.1, -0.05) is 164 Å². The minimum Gasteiger partial charge on any atom is -0.309 e. The zero-order valence-corrected chi connectivity index (χ0v) is 35.3. The van der Waals surface area contributed by atoms with Crippen LogP contribution in [0.3, 0.4) is 0 Å². The molecule has 2 aromatic heterocycles. The molecule has 290 valence electrons. The highest BCUT2D eigenvalue weighted by Gasteiger charge is 2.47. The van der Waals surface area contributed by atoms with Crippen LogP contribution in [0.2, 0.25) is 0 Å². The molecule has 12 aromatic rings. The number of para-hydroxylation sites is 1. The molecule has 0 aliphatic heterocycles. The smallest absolute Gasteiger partial charge is 0.0714 e. The van der Waals surface area contributed by atoms with Crippen molar-refractivity contribution in [3.63, 3.8) is 0 Å². The minimum atomic E-state index is -0.618. The van der Waals surface area contributed by atoms with Gasteiger partial charge in [0.25, 0.3) is 0 Å². The summed E-state index contributed by atoms with van der Waals surface area (Å²) >= 11 is 3.75. The molecule has 3 heteroatoms. The molecule has 0 bridgehead atoms. The lowest BCUT2D eigenvalue weighted by Crippen LogP contribution is -2.29. The predicted octanol–water partition coefficient (Wildman–Crippen LogP) is 17.1. The van der Waals surface area contributed by atoms with E-state index in [1.165, 1.54) is 101 Å². The van der Waals surface area contributed by atoms with Crippen LogP contribution in [0.5, 0.6) is 0 Å². The number of nitrogens with zero attached hydrogens (tertiary/aromatic N) is 1. The van der Waals surface area contributed by atoms with E-state index >= 15 is 0 Å². The molecule has 0 fully saturated rings. The summed E-state index contributed by atoms with van der Waals surface area (Å²) in [5, 5.41) is 7.75. The van der Waals surface area contributed by atoms with Crippen molar-refractivity contribution in [2.45, 2.75) is 5.41 Å². The van der Waals surface area contributed by atoms with Gasteiger partial charge in [0.15, 0.2) is 0 Å². The standard InChI is InChI=1S/C59H37NS2/c1-4-17-39(18-5-1)59(40-19-6-2-7-20-40)51-36-42(60(41-21-8-3-9-22-41)53-28-16-27-47-44-24-12-15-30-55(44)62-58(47)53)32-33-48(51)57-46-26-11-10-23-43(46)49(37-52(57)59)38-31-34-56-50(35-38)45-25-13-14-29-54(45)61-56/h1-37H. The summed E-state index contributed by atoms with van der Waals surface area (Å²) in [5.41, 5.74) is 13.0. The largest absolute Gasteiger partial charge is 0.309 e. The van der Waals surface area contributed by atoms with Gasteiger partial charge >= 0.3 is 0 Å². The Kier molecular flexibility index (Phi) is 7.93. The van der Waals surface area contributed by atoms with Gasteiger partial charge in [0.1, 0.15) is 0 Å². The van der Waals surface area contributed by atoms with Gasteiger partial charge in [-0.3, -0.25) is 0 Å². The maximum Gasteiger partial charge on any atom is 0.0714 e. The molecule has 0 spiro atoms. The molecular weight excluding hydrogens is 787 g/mol. The van der Waals surface area contributed by atoms with Crippen molar-refractivity contribution in [3.05, 3.63) is 247 Å². The lowest BCUT2D eigenvalue weighted by molar-refractivity contribution is 0.769. The lowest BCUT2D eigenvalue weighted by atomic mass is 9.67. The average Bonchev–Trinajstić information content (AvgIpc) is 4.01. The average molecular weight is 824 g/mol. The number of hydrogen-bond donors (Lipinski definition) is 0. The minimum absolute atomic E-state index is 0.618. The molecule has 0 atom stereocenters. The molecule has 0 saturated carbocycles. The predicted molar refractivity (Wildman–Crippen MR) is 267 cm³/mol. The van der Waals surface area contributed by atoms with Crippen LogP contribution < -0.4 is 4.90 Å². The van der Waals surface area contributed by atoms with E-state index in [0.717, 1.165) is 11.4 Å². The van der Waals surface area contributed by atoms with Crippen molar-refractivity contribution in [3.8, 4) is 22.3 Å². The number of fused-ring (bicyclic) bond motifs is 11. The second-order valence-electron chi connectivity index (χ2n) is 16.3. The third-order valence-electron chi connectivity index (χ3n) is 13.1. The van der Waals surface area contributed by atoms with Crippen LogP contribution in [0, 0.1) is 0 Å². The Balaban J connectivity index is 1.13. The normalized spacial score (nSPS) is 13.0.